The second-order valence-corrected chi connectivity index (χ2v) is 13.6. The summed E-state index contributed by atoms with van der Waals surface area (Å²) in [6, 6.07) is 11.7. The number of hydrogen-bond donors (Lipinski definition) is 3. The Hall–Kier alpha value is -5.41. The molecule has 14 heteroatoms. The molecule has 1 saturated heterocycles. The van der Waals surface area contributed by atoms with Crippen LogP contribution in [0.3, 0.4) is 0 Å². The lowest BCUT2D eigenvalue weighted by atomic mass is 10.1. The van der Waals surface area contributed by atoms with Crippen LogP contribution in [0.25, 0.3) is 11.0 Å². The Morgan fingerprint density at radius 2 is 1.62 bits per heavy atom. The first-order valence-electron chi connectivity index (χ1n) is 17.4. The van der Waals surface area contributed by atoms with Gasteiger partial charge in [-0.1, -0.05) is 35.8 Å². The number of aromatic nitrogens is 2. The molecule has 0 bridgehead atoms. The minimum absolute atomic E-state index is 0.102. The maximum atomic E-state index is 12.9. The monoisotopic (exact) mass is 729 g/mol. The number of aryl methyl sites for hydroxylation is 1. The van der Waals surface area contributed by atoms with Crippen LogP contribution in [-0.4, -0.2) is 77.1 Å². The molecule has 0 spiro atoms. The molecular weight excluding hydrogens is 682 g/mol. The van der Waals surface area contributed by atoms with Gasteiger partial charge >= 0.3 is 11.8 Å². The van der Waals surface area contributed by atoms with Gasteiger partial charge in [0.1, 0.15) is 24.9 Å². The Morgan fingerprint density at radius 3 is 2.25 bits per heavy atom. The van der Waals surface area contributed by atoms with Crippen LogP contribution < -0.4 is 22.1 Å². The maximum Gasteiger partial charge on any atom is 0.407 e. The Kier molecular flexibility index (Phi) is 14.4. The highest BCUT2D eigenvalue weighted by atomic mass is 16.6. The number of carbonyl (C=O) groups excluding carboxylic acids is 4. The predicted octanol–water partition coefficient (Wildman–Crippen LogP) is 2.82. The number of benzene rings is 2. The van der Waals surface area contributed by atoms with Crippen molar-refractivity contribution in [2.24, 2.45) is 12.8 Å². The molecule has 3 aromatic rings. The van der Waals surface area contributed by atoms with Gasteiger partial charge in [-0.2, -0.15) is 0 Å². The van der Waals surface area contributed by atoms with Crippen LogP contribution in [0.2, 0.25) is 0 Å². The number of fused-ring (bicyclic) bond motifs is 1. The van der Waals surface area contributed by atoms with Crippen molar-refractivity contribution in [2.45, 2.75) is 83.8 Å². The van der Waals surface area contributed by atoms with Crippen LogP contribution in [-0.2, 0) is 47.0 Å². The van der Waals surface area contributed by atoms with Crippen molar-refractivity contribution in [2.75, 3.05) is 26.4 Å². The fourth-order valence-electron chi connectivity index (χ4n) is 5.52. The molecule has 3 atom stereocenters. The molecule has 1 aliphatic heterocycles. The smallest absolute Gasteiger partial charge is 0.407 e. The van der Waals surface area contributed by atoms with Gasteiger partial charge in [-0.15, -0.1) is 0 Å². The van der Waals surface area contributed by atoms with Crippen molar-refractivity contribution in [3.05, 3.63) is 69.6 Å². The van der Waals surface area contributed by atoms with E-state index in [0.29, 0.717) is 42.8 Å². The summed E-state index contributed by atoms with van der Waals surface area (Å²) in [5.74, 6) is 10.7. The molecule has 282 valence electrons. The molecule has 1 aromatic heterocycles. The number of amides is 4. The zero-order chi connectivity index (χ0) is 38.5. The summed E-state index contributed by atoms with van der Waals surface area (Å²) in [5.41, 5.74) is 7.98. The molecule has 0 aliphatic carbocycles. The lowest BCUT2D eigenvalue weighted by Gasteiger charge is -2.27. The lowest BCUT2D eigenvalue weighted by molar-refractivity contribution is -0.135. The van der Waals surface area contributed by atoms with Gasteiger partial charge in [-0.3, -0.25) is 28.8 Å². The molecule has 1 fully saturated rings. The van der Waals surface area contributed by atoms with Crippen LogP contribution in [0.5, 0.6) is 0 Å². The van der Waals surface area contributed by atoms with E-state index < -0.39 is 41.7 Å². The number of hydrogen-bond acceptors (Lipinski definition) is 9. The molecule has 14 nitrogen and oxygen atoms in total. The number of primary amides is 1. The number of alkyl carbamates (subject to hydrolysis) is 1. The second kappa shape index (κ2) is 18.9. The fourth-order valence-corrected chi connectivity index (χ4v) is 5.52. The van der Waals surface area contributed by atoms with Crippen molar-refractivity contribution in [1.82, 2.24) is 19.8 Å². The molecule has 2 aromatic carbocycles. The molecule has 4 amide bonds. The third kappa shape index (κ3) is 12.4. The highest BCUT2D eigenvalue weighted by Crippen LogP contribution is 2.23. The molecule has 0 saturated carbocycles. The topological polar surface area (TPSA) is 182 Å². The average molecular weight is 730 g/mol. The molecule has 0 radical (unpaired) electrons. The Bertz CT molecular complexity index is 1970. The number of nitrogens with zero attached hydrogens (tertiary/aromatic N) is 2. The number of nitrogens with one attached hydrogen (secondary N) is 2. The molecular formula is C39H47N5O9. The van der Waals surface area contributed by atoms with Gasteiger partial charge < -0.3 is 30.0 Å². The van der Waals surface area contributed by atoms with Gasteiger partial charge in [0.15, 0.2) is 0 Å². The van der Waals surface area contributed by atoms with E-state index in [0.717, 1.165) is 11.1 Å². The van der Waals surface area contributed by atoms with E-state index in [4.69, 9.17) is 24.7 Å². The largest absolute Gasteiger partial charge is 0.444 e. The minimum Gasteiger partial charge on any atom is -0.444 e. The standard InChI is InChI=1S/C39H47N5O9/c1-26(30(15-18-34(40)45)41-37(48)53-39(2,3)4)52-25-29-12-10-27(11-13-29)8-6-20-50-22-23-51-21-7-9-28-14-16-31-33(24-28)43(5)38(49)44(31)32-17-19-35(46)42-36(32)47/h10-14,16,24,26,30,32H,15,17-23,25H2,1-5H3,(H2,40,45)(H,41,48)(H,42,46,47). The van der Waals surface area contributed by atoms with Crippen molar-refractivity contribution < 1.29 is 38.1 Å². The summed E-state index contributed by atoms with van der Waals surface area (Å²) in [6.45, 7) is 8.53. The summed E-state index contributed by atoms with van der Waals surface area (Å²) in [6.07, 6.45) is -0.117. The third-order valence-corrected chi connectivity index (χ3v) is 8.23. The Labute approximate surface area is 308 Å². The van der Waals surface area contributed by atoms with Gasteiger partial charge in [0.25, 0.3) is 0 Å². The SMILES string of the molecule is CC(OCc1ccc(C#CCOCCOCC#Cc2ccc3c(c2)n(C)c(=O)n3C2CCC(=O)NC2=O)cc1)C(CCC(N)=O)NC(=O)OC(C)(C)C. The molecule has 4 rings (SSSR count). The molecule has 3 unspecified atom stereocenters. The summed E-state index contributed by atoms with van der Waals surface area (Å²) in [4.78, 5) is 60.5. The molecule has 2 heterocycles. The fraction of sp³-hybridized carbons (Fsp3) is 0.462. The number of imide groups is 1. The molecule has 1 aliphatic rings. The highest BCUT2D eigenvalue weighted by molar-refractivity contribution is 6.00. The van der Waals surface area contributed by atoms with E-state index in [1.165, 1.54) is 9.13 Å². The first kappa shape index (κ1) is 40.4. The van der Waals surface area contributed by atoms with Crippen LogP contribution >= 0.6 is 0 Å². The summed E-state index contributed by atoms with van der Waals surface area (Å²) in [5, 5.41) is 5.09. The van der Waals surface area contributed by atoms with Crippen molar-refractivity contribution >= 4 is 34.8 Å². The third-order valence-electron chi connectivity index (χ3n) is 8.23. The van der Waals surface area contributed by atoms with Gasteiger partial charge in [-0.25, -0.2) is 9.59 Å². The van der Waals surface area contributed by atoms with E-state index in [9.17, 15) is 24.0 Å². The highest BCUT2D eigenvalue weighted by Gasteiger charge is 2.31. The first-order chi connectivity index (χ1) is 25.2. The van der Waals surface area contributed by atoms with Crippen LogP contribution in [0, 0.1) is 23.7 Å². The zero-order valence-corrected chi connectivity index (χ0v) is 30.8. The second-order valence-electron chi connectivity index (χ2n) is 13.6. The van der Waals surface area contributed by atoms with E-state index >= 15 is 0 Å². The van der Waals surface area contributed by atoms with E-state index in [1.807, 2.05) is 31.2 Å². The van der Waals surface area contributed by atoms with E-state index in [-0.39, 0.29) is 44.1 Å². The number of carbonyl (C=O) groups is 4. The van der Waals surface area contributed by atoms with Crippen molar-refractivity contribution in [3.63, 3.8) is 0 Å². The van der Waals surface area contributed by atoms with Crippen molar-refractivity contribution in [3.8, 4) is 23.7 Å². The zero-order valence-electron chi connectivity index (χ0n) is 30.8. The van der Waals surface area contributed by atoms with Gasteiger partial charge in [0, 0.05) is 31.0 Å². The van der Waals surface area contributed by atoms with Crippen LogP contribution in [0.15, 0.2) is 47.3 Å². The van der Waals surface area contributed by atoms with Gasteiger partial charge in [0.05, 0.1) is 43.0 Å². The van der Waals surface area contributed by atoms with Gasteiger partial charge in [-0.05, 0) is 76.4 Å². The lowest BCUT2D eigenvalue weighted by Crippen LogP contribution is -2.45. The summed E-state index contributed by atoms with van der Waals surface area (Å²) < 4.78 is 25.3. The normalized spacial score (nSPS) is 15.4. The van der Waals surface area contributed by atoms with Gasteiger partial charge in [0.2, 0.25) is 17.7 Å². The Balaban J connectivity index is 1.16. The van der Waals surface area contributed by atoms with E-state index in [1.54, 1.807) is 46.0 Å². The first-order valence-corrected chi connectivity index (χ1v) is 17.4. The number of rotatable bonds is 14. The number of ether oxygens (including phenoxy) is 4. The summed E-state index contributed by atoms with van der Waals surface area (Å²) in [7, 11) is 1.64. The predicted molar refractivity (Wildman–Crippen MR) is 196 cm³/mol. The average Bonchev–Trinajstić information content (AvgIpc) is 3.34. The molecule has 4 N–H and O–H groups in total. The number of piperidine rings is 1. The maximum absolute atomic E-state index is 12.9. The van der Waals surface area contributed by atoms with Crippen molar-refractivity contribution in [1.29, 1.82) is 0 Å². The summed E-state index contributed by atoms with van der Waals surface area (Å²) >= 11 is 0. The number of nitrogens with two attached hydrogens (primary N) is 1. The van der Waals surface area contributed by atoms with Crippen LogP contribution in [0.1, 0.15) is 76.1 Å². The van der Waals surface area contributed by atoms with Crippen LogP contribution in [0.4, 0.5) is 4.79 Å². The molecule has 53 heavy (non-hydrogen) atoms. The Morgan fingerprint density at radius 1 is 0.981 bits per heavy atom. The van der Waals surface area contributed by atoms with E-state index in [2.05, 4.69) is 34.3 Å². The minimum atomic E-state index is -0.740. The quantitative estimate of drug-likeness (QED) is 0.128. The number of imidazole rings is 1.